The minimum atomic E-state index is 0.616. The van der Waals surface area contributed by atoms with E-state index in [0.717, 1.165) is 17.4 Å². The van der Waals surface area contributed by atoms with Crippen LogP contribution in [0.15, 0.2) is 36.5 Å². The number of pyridine rings is 1. The summed E-state index contributed by atoms with van der Waals surface area (Å²) >= 11 is 0. The highest BCUT2D eigenvalue weighted by atomic mass is 15.2. The zero-order valence-corrected chi connectivity index (χ0v) is 11.2. The monoisotopic (exact) mass is 253 g/mol. The lowest BCUT2D eigenvalue weighted by Gasteiger charge is -2.27. The van der Waals surface area contributed by atoms with Gasteiger partial charge >= 0.3 is 0 Å². The van der Waals surface area contributed by atoms with Gasteiger partial charge in [-0.25, -0.2) is 0 Å². The molecular weight excluding hydrogens is 234 g/mol. The van der Waals surface area contributed by atoms with Crippen LogP contribution in [0.1, 0.15) is 6.92 Å². The van der Waals surface area contributed by atoms with Gasteiger partial charge < -0.3 is 10.2 Å². The maximum Gasteiger partial charge on any atom is 0.0722 e. The van der Waals surface area contributed by atoms with E-state index in [4.69, 9.17) is 0 Å². The number of nitrogens with zero attached hydrogens (tertiary/aromatic N) is 2. The first-order valence-corrected chi connectivity index (χ1v) is 7.16. The highest BCUT2D eigenvalue weighted by Crippen LogP contribution is 2.38. The summed E-state index contributed by atoms with van der Waals surface area (Å²) in [5, 5.41) is 4.81. The predicted molar refractivity (Wildman–Crippen MR) is 78.4 cm³/mol. The highest BCUT2D eigenvalue weighted by molar-refractivity contribution is 5.91. The predicted octanol–water partition coefficient (Wildman–Crippen LogP) is 2.28. The summed E-state index contributed by atoms with van der Waals surface area (Å²) in [5.41, 5.74) is 2.45. The molecule has 1 aromatic carbocycles. The maximum atomic E-state index is 4.47. The number of anilines is 1. The fraction of sp³-hybridized carbons (Fsp3) is 0.438. The fourth-order valence-corrected chi connectivity index (χ4v) is 3.82. The Kier molecular flexibility index (Phi) is 2.49. The van der Waals surface area contributed by atoms with E-state index in [9.17, 15) is 0 Å². The number of para-hydroxylation sites is 1. The molecule has 3 atom stereocenters. The van der Waals surface area contributed by atoms with Crippen LogP contribution >= 0.6 is 0 Å². The number of hydrogen-bond donors (Lipinski definition) is 1. The first-order valence-electron chi connectivity index (χ1n) is 7.16. The Bertz CT molecular complexity index is 604. The summed E-state index contributed by atoms with van der Waals surface area (Å²) in [6, 6.07) is 11.2. The second-order valence-electron chi connectivity index (χ2n) is 5.82. The molecule has 19 heavy (non-hydrogen) atoms. The third-order valence-corrected chi connectivity index (χ3v) is 4.87. The minimum Gasteiger partial charge on any atom is -0.368 e. The van der Waals surface area contributed by atoms with Crippen LogP contribution in [-0.2, 0) is 0 Å². The van der Waals surface area contributed by atoms with Crippen molar-refractivity contribution < 1.29 is 0 Å². The van der Waals surface area contributed by atoms with Crippen LogP contribution in [0.3, 0.4) is 0 Å². The van der Waals surface area contributed by atoms with Gasteiger partial charge in [0.05, 0.1) is 5.52 Å². The van der Waals surface area contributed by atoms with Gasteiger partial charge in [0, 0.05) is 42.9 Å². The van der Waals surface area contributed by atoms with Crippen molar-refractivity contribution in [2.24, 2.45) is 11.8 Å². The lowest BCUT2D eigenvalue weighted by Crippen LogP contribution is -2.33. The van der Waals surface area contributed by atoms with E-state index in [1.165, 1.54) is 30.7 Å². The SMILES string of the molecule is CC1C2CNCC2CN1c1ccnc2ccccc12. The number of aromatic nitrogens is 1. The van der Waals surface area contributed by atoms with Crippen LogP contribution in [0, 0.1) is 11.8 Å². The summed E-state index contributed by atoms with van der Waals surface area (Å²) in [6.07, 6.45) is 1.94. The second kappa shape index (κ2) is 4.20. The van der Waals surface area contributed by atoms with E-state index in [2.05, 4.69) is 52.5 Å². The number of rotatable bonds is 1. The van der Waals surface area contributed by atoms with Crippen molar-refractivity contribution in [3.8, 4) is 0 Å². The van der Waals surface area contributed by atoms with Crippen molar-refractivity contribution in [1.82, 2.24) is 10.3 Å². The van der Waals surface area contributed by atoms with Crippen molar-refractivity contribution >= 4 is 16.6 Å². The molecule has 0 amide bonds. The summed E-state index contributed by atoms with van der Waals surface area (Å²) < 4.78 is 0. The van der Waals surface area contributed by atoms with E-state index in [1.54, 1.807) is 0 Å². The van der Waals surface area contributed by atoms with Crippen LogP contribution < -0.4 is 10.2 Å². The van der Waals surface area contributed by atoms with Gasteiger partial charge in [-0.3, -0.25) is 4.98 Å². The maximum absolute atomic E-state index is 4.47. The third kappa shape index (κ3) is 1.65. The molecule has 1 aromatic heterocycles. The van der Waals surface area contributed by atoms with Gasteiger partial charge in [0.15, 0.2) is 0 Å². The molecule has 4 rings (SSSR count). The highest BCUT2D eigenvalue weighted by Gasteiger charge is 2.42. The Labute approximate surface area is 113 Å². The topological polar surface area (TPSA) is 28.2 Å². The number of nitrogens with one attached hydrogen (secondary N) is 1. The van der Waals surface area contributed by atoms with Crippen LogP contribution in [0.25, 0.3) is 10.9 Å². The number of hydrogen-bond acceptors (Lipinski definition) is 3. The molecular formula is C16H19N3. The average Bonchev–Trinajstić information content (AvgIpc) is 3.02. The number of fused-ring (bicyclic) bond motifs is 2. The first-order chi connectivity index (χ1) is 9.34. The van der Waals surface area contributed by atoms with Gasteiger partial charge in [0.1, 0.15) is 0 Å². The van der Waals surface area contributed by atoms with Crippen LogP contribution in [0.5, 0.6) is 0 Å². The summed E-state index contributed by atoms with van der Waals surface area (Å²) in [4.78, 5) is 7.06. The van der Waals surface area contributed by atoms with Crippen molar-refractivity contribution in [2.45, 2.75) is 13.0 Å². The van der Waals surface area contributed by atoms with E-state index >= 15 is 0 Å². The van der Waals surface area contributed by atoms with Gasteiger partial charge in [-0.1, -0.05) is 18.2 Å². The Morgan fingerprint density at radius 2 is 2.11 bits per heavy atom. The largest absolute Gasteiger partial charge is 0.368 e. The number of benzene rings is 1. The van der Waals surface area contributed by atoms with Gasteiger partial charge in [-0.05, 0) is 30.9 Å². The summed E-state index contributed by atoms with van der Waals surface area (Å²) in [6.45, 7) is 5.89. The lowest BCUT2D eigenvalue weighted by atomic mass is 9.95. The van der Waals surface area contributed by atoms with Crippen LogP contribution in [-0.4, -0.2) is 30.7 Å². The molecule has 3 nitrogen and oxygen atoms in total. The normalized spacial score (nSPS) is 29.9. The average molecular weight is 253 g/mol. The molecule has 3 heteroatoms. The van der Waals surface area contributed by atoms with Crippen LogP contribution in [0.4, 0.5) is 5.69 Å². The molecule has 0 spiro atoms. The molecule has 2 aromatic rings. The molecule has 2 aliphatic rings. The molecule has 1 N–H and O–H groups in total. The second-order valence-corrected chi connectivity index (χ2v) is 5.82. The Hall–Kier alpha value is -1.61. The smallest absolute Gasteiger partial charge is 0.0722 e. The summed E-state index contributed by atoms with van der Waals surface area (Å²) in [7, 11) is 0. The van der Waals surface area contributed by atoms with E-state index in [1.807, 2.05) is 6.20 Å². The molecule has 0 radical (unpaired) electrons. The van der Waals surface area contributed by atoms with Gasteiger partial charge in [-0.15, -0.1) is 0 Å². The molecule has 3 unspecified atom stereocenters. The van der Waals surface area contributed by atoms with Crippen molar-refractivity contribution in [3.05, 3.63) is 36.5 Å². The quantitative estimate of drug-likeness (QED) is 0.845. The molecule has 2 aliphatic heterocycles. The Morgan fingerprint density at radius 3 is 3.00 bits per heavy atom. The third-order valence-electron chi connectivity index (χ3n) is 4.87. The zero-order chi connectivity index (χ0) is 12.8. The Balaban J connectivity index is 1.79. The molecule has 98 valence electrons. The van der Waals surface area contributed by atoms with Crippen molar-refractivity contribution in [1.29, 1.82) is 0 Å². The molecule has 2 saturated heterocycles. The fourth-order valence-electron chi connectivity index (χ4n) is 3.82. The van der Waals surface area contributed by atoms with Gasteiger partial charge in [0.25, 0.3) is 0 Å². The van der Waals surface area contributed by atoms with E-state index in [0.29, 0.717) is 6.04 Å². The van der Waals surface area contributed by atoms with Gasteiger partial charge in [0.2, 0.25) is 0 Å². The standard InChI is InChI=1S/C16H19N3/c1-11-14-9-17-8-12(14)10-19(11)16-6-7-18-15-5-3-2-4-13(15)16/h2-7,11-12,14,17H,8-10H2,1H3. The van der Waals surface area contributed by atoms with Crippen molar-refractivity contribution in [3.63, 3.8) is 0 Å². The Morgan fingerprint density at radius 1 is 1.21 bits per heavy atom. The zero-order valence-electron chi connectivity index (χ0n) is 11.2. The van der Waals surface area contributed by atoms with Crippen LogP contribution in [0.2, 0.25) is 0 Å². The molecule has 0 aliphatic carbocycles. The van der Waals surface area contributed by atoms with E-state index in [-0.39, 0.29) is 0 Å². The van der Waals surface area contributed by atoms with E-state index < -0.39 is 0 Å². The van der Waals surface area contributed by atoms with Crippen molar-refractivity contribution in [2.75, 3.05) is 24.5 Å². The molecule has 0 saturated carbocycles. The molecule has 0 bridgehead atoms. The lowest BCUT2D eigenvalue weighted by molar-refractivity contribution is 0.471. The molecule has 3 heterocycles. The van der Waals surface area contributed by atoms with Gasteiger partial charge in [-0.2, -0.15) is 0 Å². The summed E-state index contributed by atoms with van der Waals surface area (Å²) in [5.74, 6) is 1.61. The minimum absolute atomic E-state index is 0.616. The first kappa shape index (κ1) is 11.2. The molecule has 2 fully saturated rings.